The highest BCUT2D eigenvalue weighted by Gasteiger charge is 2.33. The van der Waals surface area contributed by atoms with Crippen LogP contribution >= 0.6 is 22.6 Å². The summed E-state index contributed by atoms with van der Waals surface area (Å²) in [6.45, 7) is 1.58. The Kier molecular flexibility index (Phi) is 3.77. The third kappa shape index (κ3) is 3.20. The minimum Gasteiger partial charge on any atom is -0.404 e. The first-order chi connectivity index (χ1) is 6.85. The van der Waals surface area contributed by atoms with Crippen molar-refractivity contribution in [3.05, 3.63) is 21.0 Å². The van der Waals surface area contributed by atoms with Crippen molar-refractivity contribution < 1.29 is 17.9 Å². The summed E-state index contributed by atoms with van der Waals surface area (Å²) >= 11 is 1.73. The van der Waals surface area contributed by atoms with Gasteiger partial charge >= 0.3 is 6.36 Å². The largest absolute Gasteiger partial charge is 0.573 e. The molecular formula is C8H8F3IN2O. The molecule has 1 rings (SSSR count). The number of pyridine rings is 1. The first kappa shape index (κ1) is 12.5. The van der Waals surface area contributed by atoms with Gasteiger partial charge in [0.2, 0.25) is 0 Å². The molecule has 2 N–H and O–H groups in total. The zero-order chi connectivity index (χ0) is 11.6. The number of alkyl halides is 3. The first-order valence-corrected chi connectivity index (χ1v) is 5.03. The predicted octanol–water partition coefficient (Wildman–Crippen LogP) is 2.35. The van der Waals surface area contributed by atoms with Gasteiger partial charge in [-0.3, -0.25) is 4.98 Å². The molecule has 0 fully saturated rings. The minimum absolute atomic E-state index is 0.0803. The van der Waals surface area contributed by atoms with Crippen LogP contribution in [-0.4, -0.2) is 11.3 Å². The van der Waals surface area contributed by atoms with Gasteiger partial charge in [0.15, 0.2) is 0 Å². The molecule has 1 aromatic heterocycles. The smallest absolute Gasteiger partial charge is 0.404 e. The fourth-order valence-corrected chi connectivity index (χ4v) is 1.70. The molecule has 0 aliphatic heterocycles. The molecule has 0 spiro atoms. The molecule has 84 valence electrons. The molecule has 0 atom stereocenters. The number of hydrogen-bond acceptors (Lipinski definition) is 3. The average molecular weight is 332 g/mol. The van der Waals surface area contributed by atoms with E-state index in [2.05, 4.69) is 9.72 Å². The molecule has 0 bridgehead atoms. The highest BCUT2D eigenvalue weighted by atomic mass is 127. The van der Waals surface area contributed by atoms with Gasteiger partial charge in [-0.05, 0) is 29.5 Å². The van der Waals surface area contributed by atoms with E-state index in [1.165, 1.54) is 13.1 Å². The van der Waals surface area contributed by atoms with Crippen molar-refractivity contribution in [1.29, 1.82) is 0 Å². The SMILES string of the molecule is Cc1c(CN)ncc(I)c1OC(F)(F)F. The molecule has 3 nitrogen and oxygen atoms in total. The molecular weight excluding hydrogens is 324 g/mol. The Labute approximate surface area is 98.0 Å². The summed E-state index contributed by atoms with van der Waals surface area (Å²) in [5.74, 6) is -0.224. The van der Waals surface area contributed by atoms with Crippen molar-refractivity contribution in [1.82, 2.24) is 4.98 Å². The molecule has 1 heterocycles. The number of halogens is 4. The summed E-state index contributed by atoms with van der Waals surface area (Å²) in [5, 5.41) is 0. The van der Waals surface area contributed by atoms with Crippen LogP contribution in [0.4, 0.5) is 13.2 Å². The van der Waals surface area contributed by atoms with Gasteiger partial charge in [-0.1, -0.05) is 0 Å². The summed E-state index contributed by atoms with van der Waals surface area (Å²) in [6, 6.07) is 0. The van der Waals surface area contributed by atoms with E-state index in [0.29, 0.717) is 14.8 Å². The lowest BCUT2D eigenvalue weighted by Gasteiger charge is -2.14. The Morgan fingerprint density at radius 3 is 2.60 bits per heavy atom. The van der Waals surface area contributed by atoms with Crippen LogP contribution in [-0.2, 0) is 6.54 Å². The topological polar surface area (TPSA) is 48.1 Å². The molecule has 7 heteroatoms. The van der Waals surface area contributed by atoms with Crippen molar-refractivity contribution in [2.24, 2.45) is 5.73 Å². The van der Waals surface area contributed by atoms with Gasteiger partial charge < -0.3 is 10.5 Å². The minimum atomic E-state index is -4.70. The average Bonchev–Trinajstić information content (AvgIpc) is 2.11. The summed E-state index contributed by atoms with van der Waals surface area (Å²) < 4.78 is 40.4. The van der Waals surface area contributed by atoms with Gasteiger partial charge in [0.25, 0.3) is 0 Å². The number of rotatable bonds is 2. The van der Waals surface area contributed by atoms with Crippen LogP contribution in [0.2, 0.25) is 0 Å². The van der Waals surface area contributed by atoms with Crippen LogP contribution in [0.25, 0.3) is 0 Å². The number of aromatic nitrogens is 1. The molecule has 0 aliphatic rings. The van der Waals surface area contributed by atoms with Crippen LogP contribution in [0.5, 0.6) is 5.75 Å². The maximum absolute atomic E-state index is 12.1. The van der Waals surface area contributed by atoms with Gasteiger partial charge in [-0.2, -0.15) is 0 Å². The van der Waals surface area contributed by atoms with Crippen LogP contribution in [0.3, 0.4) is 0 Å². The highest BCUT2D eigenvalue weighted by molar-refractivity contribution is 14.1. The number of nitrogens with zero attached hydrogens (tertiary/aromatic N) is 1. The maximum Gasteiger partial charge on any atom is 0.573 e. The van der Waals surface area contributed by atoms with Crippen molar-refractivity contribution in [2.75, 3.05) is 0 Å². The Balaban J connectivity index is 3.15. The van der Waals surface area contributed by atoms with E-state index in [1.54, 1.807) is 22.6 Å². The van der Waals surface area contributed by atoms with Crippen molar-refractivity contribution in [3.63, 3.8) is 0 Å². The van der Waals surface area contributed by atoms with Crippen LogP contribution < -0.4 is 10.5 Å². The molecule has 0 aromatic carbocycles. The predicted molar refractivity (Wildman–Crippen MR) is 56.3 cm³/mol. The Bertz CT molecular complexity index is 368. The van der Waals surface area contributed by atoms with Gasteiger partial charge in [0, 0.05) is 18.3 Å². The molecule has 15 heavy (non-hydrogen) atoms. The normalized spacial score (nSPS) is 11.6. The van der Waals surface area contributed by atoms with Gasteiger partial charge in [-0.25, -0.2) is 0 Å². The number of nitrogens with two attached hydrogens (primary N) is 1. The summed E-state index contributed by atoms with van der Waals surface area (Å²) in [5.41, 5.74) is 6.05. The molecule has 0 amide bonds. The van der Waals surface area contributed by atoms with E-state index in [1.807, 2.05) is 0 Å². The van der Waals surface area contributed by atoms with Crippen LogP contribution in [0.15, 0.2) is 6.20 Å². The monoisotopic (exact) mass is 332 g/mol. The second-order valence-electron chi connectivity index (χ2n) is 2.76. The molecule has 1 aromatic rings. The Morgan fingerprint density at radius 1 is 1.53 bits per heavy atom. The third-order valence-corrected chi connectivity index (χ3v) is 2.50. The van der Waals surface area contributed by atoms with E-state index in [9.17, 15) is 13.2 Å². The number of hydrogen-bond donors (Lipinski definition) is 1. The fourth-order valence-electron chi connectivity index (χ4n) is 1.05. The zero-order valence-corrected chi connectivity index (χ0v) is 9.89. The molecule has 0 aliphatic carbocycles. The Morgan fingerprint density at radius 2 is 2.13 bits per heavy atom. The first-order valence-electron chi connectivity index (χ1n) is 3.95. The second-order valence-corrected chi connectivity index (χ2v) is 3.92. The standard InChI is InChI=1S/C8H8F3IN2O/c1-4-6(2-13)14-3-5(12)7(4)15-8(9,10)11/h3H,2,13H2,1H3. The Hall–Kier alpha value is -0.570. The fraction of sp³-hybridized carbons (Fsp3) is 0.375. The van der Waals surface area contributed by atoms with E-state index in [0.717, 1.165) is 0 Å². The van der Waals surface area contributed by atoms with E-state index in [-0.39, 0.29) is 12.3 Å². The summed E-state index contributed by atoms with van der Waals surface area (Å²) in [7, 11) is 0. The van der Waals surface area contributed by atoms with Crippen molar-refractivity contribution in [3.8, 4) is 5.75 Å². The van der Waals surface area contributed by atoms with Crippen molar-refractivity contribution >= 4 is 22.6 Å². The summed E-state index contributed by atoms with van der Waals surface area (Å²) in [4.78, 5) is 3.91. The highest BCUT2D eigenvalue weighted by Crippen LogP contribution is 2.31. The van der Waals surface area contributed by atoms with Crippen molar-refractivity contribution in [2.45, 2.75) is 19.8 Å². The van der Waals surface area contributed by atoms with E-state index >= 15 is 0 Å². The van der Waals surface area contributed by atoms with E-state index < -0.39 is 6.36 Å². The molecule has 0 unspecified atom stereocenters. The number of ether oxygens (including phenoxy) is 1. The second kappa shape index (κ2) is 4.52. The van der Waals surface area contributed by atoms with E-state index in [4.69, 9.17) is 5.73 Å². The lowest BCUT2D eigenvalue weighted by Crippen LogP contribution is -2.19. The van der Waals surface area contributed by atoms with Crippen LogP contribution in [0, 0.1) is 10.5 Å². The van der Waals surface area contributed by atoms with Gasteiger partial charge in [0.05, 0.1) is 9.26 Å². The third-order valence-electron chi connectivity index (χ3n) is 1.74. The molecule has 0 saturated carbocycles. The van der Waals surface area contributed by atoms with Gasteiger partial charge in [-0.15, -0.1) is 13.2 Å². The quantitative estimate of drug-likeness (QED) is 0.846. The van der Waals surface area contributed by atoms with Crippen LogP contribution in [0.1, 0.15) is 11.3 Å². The lowest BCUT2D eigenvalue weighted by molar-refractivity contribution is -0.275. The maximum atomic E-state index is 12.1. The molecule has 0 saturated heterocycles. The molecule has 0 radical (unpaired) electrons. The zero-order valence-electron chi connectivity index (χ0n) is 7.73. The summed E-state index contributed by atoms with van der Waals surface area (Å²) in [6.07, 6.45) is -3.39. The lowest BCUT2D eigenvalue weighted by atomic mass is 10.2. The van der Waals surface area contributed by atoms with Gasteiger partial charge in [0.1, 0.15) is 5.75 Å².